The highest BCUT2D eigenvalue weighted by Gasteiger charge is 2.08. The average Bonchev–Trinajstić information content (AvgIpc) is 2.64. The predicted molar refractivity (Wildman–Crippen MR) is 88.8 cm³/mol. The Morgan fingerprint density at radius 2 is 1.58 bits per heavy atom. The molecule has 0 heterocycles. The van der Waals surface area contributed by atoms with Crippen molar-refractivity contribution in [3.8, 4) is 11.8 Å². The number of nitriles is 1. The Labute approximate surface area is 140 Å². The molecule has 2 aromatic carbocycles. The Hall–Kier alpha value is -3.33. The van der Waals surface area contributed by atoms with Gasteiger partial charge in [-0.1, -0.05) is 12.1 Å². The van der Waals surface area contributed by atoms with Crippen molar-refractivity contribution in [3.05, 3.63) is 65.2 Å². The average molecular weight is 323 g/mol. The highest BCUT2D eigenvalue weighted by atomic mass is 16.5. The summed E-state index contributed by atoms with van der Waals surface area (Å²) in [6.45, 7) is 0.574. The van der Waals surface area contributed by atoms with E-state index in [1.807, 2.05) is 6.07 Å². The smallest absolute Gasteiger partial charge is 0.251 e. The second-order valence-corrected chi connectivity index (χ2v) is 4.94. The quantitative estimate of drug-likeness (QED) is 0.792. The molecule has 0 fully saturated rings. The van der Waals surface area contributed by atoms with Crippen LogP contribution in [-0.4, -0.2) is 32.0 Å². The molecule has 122 valence electrons. The van der Waals surface area contributed by atoms with Crippen LogP contribution in [0.2, 0.25) is 0 Å². The summed E-state index contributed by atoms with van der Waals surface area (Å²) in [5.74, 6) is 0.0747. The third-order valence-electron chi connectivity index (χ3n) is 3.28. The van der Waals surface area contributed by atoms with E-state index in [1.54, 1.807) is 42.5 Å². The number of nitrogens with zero attached hydrogens (tertiary/aromatic N) is 1. The first-order valence-corrected chi connectivity index (χ1v) is 7.34. The lowest BCUT2D eigenvalue weighted by atomic mass is 10.1. The van der Waals surface area contributed by atoms with Crippen LogP contribution in [-0.2, 0) is 0 Å². The molecule has 0 bridgehead atoms. The minimum absolute atomic E-state index is 0.241. The van der Waals surface area contributed by atoms with Gasteiger partial charge in [0.15, 0.2) is 0 Å². The Balaban J connectivity index is 1.80. The summed E-state index contributed by atoms with van der Waals surface area (Å²) < 4.78 is 5.07. The molecule has 0 aliphatic heterocycles. The molecule has 6 nitrogen and oxygen atoms in total. The van der Waals surface area contributed by atoms with Gasteiger partial charge >= 0.3 is 0 Å². The highest BCUT2D eigenvalue weighted by Crippen LogP contribution is 2.12. The number of nitrogens with one attached hydrogen (secondary N) is 2. The van der Waals surface area contributed by atoms with Crippen LogP contribution in [0.25, 0.3) is 0 Å². The molecule has 0 aliphatic rings. The van der Waals surface area contributed by atoms with Crippen molar-refractivity contribution in [2.24, 2.45) is 0 Å². The molecule has 2 rings (SSSR count). The minimum Gasteiger partial charge on any atom is -0.497 e. The molecule has 0 aliphatic carbocycles. The number of benzene rings is 2. The van der Waals surface area contributed by atoms with Crippen molar-refractivity contribution in [2.75, 3.05) is 20.2 Å². The van der Waals surface area contributed by atoms with Crippen LogP contribution in [0.3, 0.4) is 0 Å². The molecule has 0 radical (unpaired) electrons. The zero-order chi connectivity index (χ0) is 17.4. The lowest BCUT2D eigenvalue weighted by Crippen LogP contribution is -2.34. The van der Waals surface area contributed by atoms with Crippen LogP contribution >= 0.6 is 0 Å². The van der Waals surface area contributed by atoms with E-state index in [1.165, 1.54) is 13.2 Å². The SMILES string of the molecule is COc1cccc(C(=O)NCCNC(=O)c2cccc(C#N)c2)c1. The molecule has 0 spiro atoms. The summed E-state index contributed by atoms with van der Waals surface area (Å²) >= 11 is 0. The van der Waals surface area contributed by atoms with Gasteiger partial charge in [-0.2, -0.15) is 5.26 Å². The predicted octanol–water partition coefficient (Wildman–Crippen LogP) is 1.73. The van der Waals surface area contributed by atoms with Crippen LogP contribution in [0, 0.1) is 11.3 Å². The van der Waals surface area contributed by atoms with Gasteiger partial charge in [0.05, 0.1) is 18.7 Å². The van der Waals surface area contributed by atoms with Crippen molar-refractivity contribution >= 4 is 11.8 Å². The Kier molecular flexibility index (Phi) is 5.92. The maximum Gasteiger partial charge on any atom is 0.251 e. The van der Waals surface area contributed by atoms with Crippen LogP contribution in [0.4, 0.5) is 0 Å². The molecule has 24 heavy (non-hydrogen) atoms. The largest absolute Gasteiger partial charge is 0.497 e. The maximum atomic E-state index is 12.0. The lowest BCUT2D eigenvalue weighted by Gasteiger charge is -2.08. The summed E-state index contributed by atoms with van der Waals surface area (Å²) in [5, 5.41) is 14.2. The fraction of sp³-hybridized carbons (Fsp3) is 0.167. The normalized spacial score (nSPS) is 9.67. The molecule has 0 saturated heterocycles. The van der Waals surface area contributed by atoms with Gasteiger partial charge in [0.2, 0.25) is 0 Å². The Bertz CT molecular complexity index is 781. The van der Waals surface area contributed by atoms with E-state index in [4.69, 9.17) is 10.00 Å². The third-order valence-corrected chi connectivity index (χ3v) is 3.28. The Morgan fingerprint density at radius 1 is 1.00 bits per heavy atom. The monoisotopic (exact) mass is 323 g/mol. The Morgan fingerprint density at radius 3 is 2.17 bits per heavy atom. The van der Waals surface area contributed by atoms with E-state index in [2.05, 4.69) is 10.6 Å². The van der Waals surface area contributed by atoms with Gasteiger partial charge in [0.1, 0.15) is 5.75 Å². The van der Waals surface area contributed by atoms with Gasteiger partial charge in [-0.25, -0.2) is 0 Å². The third kappa shape index (κ3) is 4.58. The molecule has 2 aromatic rings. The van der Waals surface area contributed by atoms with Crippen LogP contribution in [0.1, 0.15) is 26.3 Å². The summed E-state index contributed by atoms with van der Waals surface area (Å²) in [6, 6.07) is 15.2. The van der Waals surface area contributed by atoms with Gasteiger partial charge in [0, 0.05) is 24.2 Å². The zero-order valence-corrected chi connectivity index (χ0v) is 13.2. The fourth-order valence-corrected chi connectivity index (χ4v) is 2.05. The molecule has 0 saturated carbocycles. The number of methoxy groups -OCH3 is 1. The molecule has 2 amide bonds. The molecule has 6 heteroatoms. The summed E-state index contributed by atoms with van der Waals surface area (Å²) in [6.07, 6.45) is 0. The van der Waals surface area contributed by atoms with Crippen molar-refractivity contribution in [1.29, 1.82) is 5.26 Å². The first kappa shape index (κ1) is 17.0. The second kappa shape index (κ2) is 8.34. The van der Waals surface area contributed by atoms with E-state index in [0.717, 1.165) is 0 Å². The fourth-order valence-electron chi connectivity index (χ4n) is 2.05. The van der Waals surface area contributed by atoms with Crippen LogP contribution in [0.15, 0.2) is 48.5 Å². The van der Waals surface area contributed by atoms with Crippen LogP contribution < -0.4 is 15.4 Å². The van der Waals surface area contributed by atoms with Gasteiger partial charge in [-0.15, -0.1) is 0 Å². The van der Waals surface area contributed by atoms with Gasteiger partial charge in [-0.05, 0) is 36.4 Å². The standard InChI is InChI=1S/C18H17N3O3/c1-24-16-7-3-6-15(11-16)18(23)21-9-8-20-17(22)14-5-2-4-13(10-14)12-19/h2-7,10-11H,8-9H2,1H3,(H,20,22)(H,21,23). The second-order valence-electron chi connectivity index (χ2n) is 4.94. The topological polar surface area (TPSA) is 91.2 Å². The van der Waals surface area contributed by atoms with E-state index in [9.17, 15) is 9.59 Å². The minimum atomic E-state index is -0.289. The number of amides is 2. The van der Waals surface area contributed by atoms with E-state index >= 15 is 0 Å². The first-order chi connectivity index (χ1) is 11.6. The molecule has 2 N–H and O–H groups in total. The first-order valence-electron chi connectivity index (χ1n) is 7.34. The van der Waals surface area contributed by atoms with Crippen molar-refractivity contribution < 1.29 is 14.3 Å². The van der Waals surface area contributed by atoms with Crippen molar-refractivity contribution in [2.45, 2.75) is 0 Å². The molecule has 0 unspecified atom stereocenters. The van der Waals surface area contributed by atoms with Gasteiger partial charge in [0.25, 0.3) is 11.8 Å². The molecular weight excluding hydrogens is 306 g/mol. The lowest BCUT2D eigenvalue weighted by molar-refractivity contribution is 0.0927. The number of rotatable bonds is 6. The number of carbonyl (C=O) groups is 2. The van der Waals surface area contributed by atoms with E-state index in [-0.39, 0.29) is 18.4 Å². The number of carbonyl (C=O) groups excluding carboxylic acids is 2. The highest BCUT2D eigenvalue weighted by molar-refractivity contribution is 5.95. The van der Waals surface area contributed by atoms with E-state index < -0.39 is 0 Å². The number of ether oxygens (including phenoxy) is 1. The van der Waals surface area contributed by atoms with Crippen molar-refractivity contribution in [3.63, 3.8) is 0 Å². The van der Waals surface area contributed by atoms with Crippen LogP contribution in [0.5, 0.6) is 5.75 Å². The number of hydrogen-bond donors (Lipinski definition) is 2. The maximum absolute atomic E-state index is 12.0. The summed E-state index contributed by atoms with van der Waals surface area (Å²) in [4.78, 5) is 24.0. The molecule has 0 atom stereocenters. The molecular formula is C18H17N3O3. The molecule has 0 aromatic heterocycles. The van der Waals surface area contributed by atoms with Gasteiger partial charge in [-0.3, -0.25) is 9.59 Å². The van der Waals surface area contributed by atoms with E-state index in [0.29, 0.717) is 29.0 Å². The summed E-state index contributed by atoms with van der Waals surface area (Å²) in [7, 11) is 1.54. The van der Waals surface area contributed by atoms with Gasteiger partial charge < -0.3 is 15.4 Å². The summed E-state index contributed by atoms with van der Waals surface area (Å²) in [5.41, 5.74) is 1.32. The zero-order valence-electron chi connectivity index (χ0n) is 13.2. The van der Waals surface area contributed by atoms with Crippen molar-refractivity contribution in [1.82, 2.24) is 10.6 Å². The number of hydrogen-bond acceptors (Lipinski definition) is 4.